The summed E-state index contributed by atoms with van der Waals surface area (Å²) in [5.41, 5.74) is -0.198. The Hall–Kier alpha value is -1.33. The van der Waals surface area contributed by atoms with Crippen LogP contribution in [-0.4, -0.2) is 26.7 Å². The molecule has 0 saturated carbocycles. The molecule has 5 heteroatoms. The Labute approximate surface area is 135 Å². The van der Waals surface area contributed by atoms with Gasteiger partial charge in [0, 0.05) is 5.56 Å². The van der Waals surface area contributed by atoms with E-state index in [1.54, 1.807) is 13.0 Å². The molecule has 0 amide bonds. The zero-order chi connectivity index (χ0) is 17.1. The highest BCUT2D eigenvalue weighted by Crippen LogP contribution is 2.35. The predicted molar refractivity (Wildman–Crippen MR) is 90.9 cm³/mol. The first-order valence-corrected chi connectivity index (χ1v) is 10.5. The van der Waals surface area contributed by atoms with E-state index in [0.29, 0.717) is 11.3 Å². The van der Waals surface area contributed by atoms with Gasteiger partial charge in [0.05, 0.1) is 6.61 Å². The van der Waals surface area contributed by atoms with Crippen molar-refractivity contribution in [3.05, 3.63) is 29.3 Å². The van der Waals surface area contributed by atoms with Crippen molar-refractivity contribution in [2.45, 2.75) is 58.7 Å². The third-order valence-corrected chi connectivity index (χ3v) is 4.13. The van der Waals surface area contributed by atoms with Gasteiger partial charge in [-0.3, -0.25) is 0 Å². The zero-order valence-corrected chi connectivity index (χ0v) is 15.8. The molecule has 0 aliphatic heterocycles. The minimum atomic E-state index is -1.72. The lowest BCUT2D eigenvalue weighted by atomic mass is 9.84. The first-order valence-electron chi connectivity index (χ1n) is 7.71. The SMILES string of the molecule is CCOC(=O)C(C)(O)c1ccc(C(C)(C)C)cc1O[SiH](C)C. The number of hydrogen-bond donors (Lipinski definition) is 1. The largest absolute Gasteiger partial charge is 0.547 e. The number of rotatable bonds is 5. The van der Waals surface area contributed by atoms with Crippen LogP contribution >= 0.6 is 0 Å². The minimum Gasteiger partial charge on any atom is -0.547 e. The summed E-state index contributed by atoms with van der Waals surface area (Å²) < 4.78 is 11.0. The first kappa shape index (κ1) is 18.7. The maximum absolute atomic E-state index is 12.1. The number of ether oxygens (including phenoxy) is 1. The van der Waals surface area contributed by atoms with Crippen molar-refractivity contribution in [1.29, 1.82) is 0 Å². The molecule has 22 heavy (non-hydrogen) atoms. The Morgan fingerprint density at radius 3 is 2.27 bits per heavy atom. The van der Waals surface area contributed by atoms with Crippen molar-refractivity contribution in [1.82, 2.24) is 0 Å². The normalized spacial score (nSPS) is 14.6. The summed E-state index contributed by atoms with van der Waals surface area (Å²) >= 11 is 0. The van der Waals surface area contributed by atoms with Crippen LogP contribution in [0.3, 0.4) is 0 Å². The lowest BCUT2D eigenvalue weighted by Gasteiger charge is -2.28. The standard InChI is InChI=1S/C17H28O4Si/c1-8-20-15(18)17(5,19)13-10-9-12(16(2,3)4)11-14(13)21-22(6)7/h9-11,19,22H,8H2,1-7H3. The molecule has 0 heterocycles. The zero-order valence-electron chi connectivity index (χ0n) is 14.7. The molecule has 124 valence electrons. The average Bonchev–Trinajstić information content (AvgIpc) is 2.36. The summed E-state index contributed by atoms with van der Waals surface area (Å²) in [6, 6.07) is 5.62. The number of carbonyl (C=O) groups is 1. The number of esters is 1. The summed E-state index contributed by atoms with van der Waals surface area (Å²) in [7, 11) is -1.38. The Bertz CT molecular complexity index is 530. The van der Waals surface area contributed by atoms with Gasteiger partial charge >= 0.3 is 5.97 Å². The van der Waals surface area contributed by atoms with Gasteiger partial charge in [0.15, 0.2) is 5.60 Å². The van der Waals surface area contributed by atoms with E-state index in [1.165, 1.54) is 6.92 Å². The summed E-state index contributed by atoms with van der Waals surface area (Å²) in [5, 5.41) is 10.6. The smallest absolute Gasteiger partial charge is 0.342 e. The van der Waals surface area contributed by atoms with E-state index in [2.05, 4.69) is 20.8 Å². The van der Waals surface area contributed by atoms with Gasteiger partial charge in [-0.05, 0) is 44.0 Å². The van der Waals surface area contributed by atoms with Crippen LogP contribution in [-0.2, 0) is 20.5 Å². The predicted octanol–water partition coefficient (Wildman–Crippen LogP) is 3.12. The van der Waals surface area contributed by atoms with E-state index in [4.69, 9.17) is 9.16 Å². The van der Waals surface area contributed by atoms with E-state index in [-0.39, 0.29) is 12.0 Å². The molecule has 0 bridgehead atoms. The van der Waals surface area contributed by atoms with Gasteiger partial charge in [-0.15, -0.1) is 0 Å². The number of hydrogen-bond acceptors (Lipinski definition) is 4. The molecule has 1 rings (SSSR count). The minimum absolute atomic E-state index is 0.0367. The quantitative estimate of drug-likeness (QED) is 0.668. The van der Waals surface area contributed by atoms with Crippen molar-refractivity contribution in [3.8, 4) is 5.75 Å². The topological polar surface area (TPSA) is 55.8 Å². The lowest BCUT2D eigenvalue weighted by molar-refractivity contribution is -0.164. The van der Waals surface area contributed by atoms with E-state index < -0.39 is 20.6 Å². The van der Waals surface area contributed by atoms with Gasteiger partial charge in [-0.1, -0.05) is 32.9 Å². The molecular formula is C17H28O4Si. The van der Waals surface area contributed by atoms with Crippen molar-refractivity contribution >= 4 is 15.0 Å². The molecule has 1 aromatic rings. The van der Waals surface area contributed by atoms with Gasteiger partial charge in [-0.25, -0.2) is 4.79 Å². The third kappa shape index (κ3) is 4.33. The summed E-state index contributed by atoms with van der Waals surface area (Å²) in [6.45, 7) is 13.8. The van der Waals surface area contributed by atoms with Gasteiger partial charge in [0.25, 0.3) is 0 Å². The van der Waals surface area contributed by atoms with Crippen LogP contribution in [0, 0.1) is 0 Å². The van der Waals surface area contributed by atoms with Gasteiger partial charge < -0.3 is 14.3 Å². The van der Waals surface area contributed by atoms with Crippen LogP contribution in [0.1, 0.15) is 45.7 Å². The van der Waals surface area contributed by atoms with Crippen LogP contribution in [0.4, 0.5) is 0 Å². The second-order valence-electron chi connectivity index (χ2n) is 6.92. The van der Waals surface area contributed by atoms with Crippen molar-refractivity contribution in [2.24, 2.45) is 0 Å². The Morgan fingerprint density at radius 1 is 1.23 bits per heavy atom. The van der Waals surface area contributed by atoms with Crippen LogP contribution in [0.5, 0.6) is 5.75 Å². The fraction of sp³-hybridized carbons (Fsp3) is 0.588. The van der Waals surface area contributed by atoms with Crippen LogP contribution in [0.15, 0.2) is 18.2 Å². The second-order valence-corrected chi connectivity index (χ2v) is 9.25. The highest BCUT2D eigenvalue weighted by molar-refractivity contribution is 6.49. The Balaban J connectivity index is 3.37. The Kier molecular flexibility index (Phi) is 5.81. The highest BCUT2D eigenvalue weighted by Gasteiger charge is 2.37. The third-order valence-electron chi connectivity index (χ3n) is 3.41. The van der Waals surface area contributed by atoms with Crippen molar-refractivity contribution in [2.75, 3.05) is 6.61 Å². The molecule has 0 aliphatic carbocycles. The maximum atomic E-state index is 12.1. The summed E-state index contributed by atoms with van der Waals surface area (Å²) in [5.74, 6) is -0.0825. The molecule has 0 aliphatic rings. The molecule has 1 aromatic carbocycles. The lowest BCUT2D eigenvalue weighted by Crippen LogP contribution is -2.35. The summed E-state index contributed by atoms with van der Waals surface area (Å²) in [4.78, 5) is 12.1. The van der Waals surface area contributed by atoms with Crippen LogP contribution < -0.4 is 4.43 Å². The van der Waals surface area contributed by atoms with E-state index in [0.717, 1.165) is 5.56 Å². The molecule has 1 unspecified atom stereocenters. The molecule has 0 fully saturated rings. The molecule has 1 atom stereocenters. The molecule has 0 aromatic heterocycles. The maximum Gasteiger partial charge on any atom is 0.342 e. The fourth-order valence-electron chi connectivity index (χ4n) is 2.12. The van der Waals surface area contributed by atoms with Crippen LogP contribution in [0.25, 0.3) is 0 Å². The molecular weight excluding hydrogens is 296 g/mol. The Morgan fingerprint density at radius 2 is 1.82 bits per heavy atom. The van der Waals surface area contributed by atoms with Crippen molar-refractivity contribution < 1.29 is 19.1 Å². The second kappa shape index (κ2) is 6.83. The molecule has 0 radical (unpaired) electrons. The monoisotopic (exact) mass is 324 g/mol. The first-order chi connectivity index (χ1) is 10.00. The van der Waals surface area contributed by atoms with E-state index in [1.807, 2.05) is 25.2 Å². The van der Waals surface area contributed by atoms with E-state index >= 15 is 0 Å². The average molecular weight is 324 g/mol. The number of benzene rings is 1. The molecule has 1 N–H and O–H groups in total. The van der Waals surface area contributed by atoms with Gasteiger partial charge in [-0.2, -0.15) is 0 Å². The van der Waals surface area contributed by atoms with Gasteiger partial charge in [0.2, 0.25) is 9.04 Å². The molecule has 4 nitrogen and oxygen atoms in total. The molecule has 0 saturated heterocycles. The van der Waals surface area contributed by atoms with Gasteiger partial charge in [0.1, 0.15) is 5.75 Å². The van der Waals surface area contributed by atoms with E-state index in [9.17, 15) is 9.90 Å². The number of carbonyl (C=O) groups excluding carboxylic acids is 1. The van der Waals surface area contributed by atoms with Crippen molar-refractivity contribution in [3.63, 3.8) is 0 Å². The number of aliphatic hydroxyl groups is 1. The summed E-state index contributed by atoms with van der Waals surface area (Å²) in [6.07, 6.45) is 0. The highest BCUT2D eigenvalue weighted by atomic mass is 28.3. The van der Waals surface area contributed by atoms with Crippen LogP contribution in [0.2, 0.25) is 13.1 Å². The molecule has 0 spiro atoms. The fourth-order valence-corrected chi connectivity index (χ4v) is 2.83.